The van der Waals surface area contributed by atoms with Crippen LogP contribution in [0.1, 0.15) is 30.1 Å². The van der Waals surface area contributed by atoms with E-state index in [9.17, 15) is 5.11 Å². The minimum Gasteiger partial charge on any atom is -0.375 e. The average Bonchev–Trinajstić information content (AvgIpc) is 3.56. The van der Waals surface area contributed by atoms with Crippen LogP contribution in [0.2, 0.25) is 5.02 Å². The lowest BCUT2D eigenvalue weighted by molar-refractivity contribution is -0.143. The Morgan fingerprint density at radius 3 is 2.74 bits per heavy atom. The topological polar surface area (TPSA) is 87.8 Å². The molecule has 1 saturated heterocycles. The summed E-state index contributed by atoms with van der Waals surface area (Å²) < 4.78 is 4.09. The lowest BCUT2D eigenvalue weighted by Crippen LogP contribution is -2.64. The van der Waals surface area contributed by atoms with E-state index >= 15 is 0 Å². The van der Waals surface area contributed by atoms with E-state index < -0.39 is 6.23 Å². The van der Waals surface area contributed by atoms with Gasteiger partial charge in [-0.1, -0.05) is 24.2 Å². The Hall–Kier alpha value is -3.46. The number of aliphatic hydroxyl groups is 1. The molecule has 1 aliphatic heterocycles. The lowest BCUT2D eigenvalue weighted by Gasteiger charge is -2.59. The van der Waals surface area contributed by atoms with Gasteiger partial charge < -0.3 is 5.11 Å². The molecule has 0 radical (unpaired) electrons. The van der Waals surface area contributed by atoms with Gasteiger partial charge in [-0.3, -0.25) is 19.4 Å². The molecular formula is C29H30ClN7O. The molecule has 7 rings (SSSR count). The van der Waals surface area contributed by atoms with Crippen molar-refractivity contribution in [2.24, 2.45) is 12.5 Å². The number of likely N-dealkylation sites (tertiary alicyclic amines) is 1. The molecule has 5 aromatic rings. The van der Waals surface area contributed by atoms with Crippen LogP contribution in [0, 0.1) is 19.3 Å². The number of aryl methyl sites for hydroxylation is 2. The Balaban J connectivity index is 1.36. The summed E-state index contributed by atoms with van der Waals surface area (Å²) in [6.45, 7) is 9.70. The van der Waals surface area contributed by atoms with Gasteiger partial charge in [0.05, 0.1) is 34.5 Å². The van der Waals surface area contributed by atoms with Gasteiger partial charge in [-0.15, -0.1) is 0 Å². The summed E-state index contributed by atoms with van der Waals surface area (Å²) in [5, 5.41) is 30.0. The van der Waals surface area contributed by atoms with E-state index in [4.69, 9.17) is 16.7 Å². The van der Waals surface area contributed by atoms with Crippen LogP contribution in [0.4, 0.5) is 0 Å². The summed E-state index contributed by atoms with van der Waals surface area (Å²) in [6, 6.07) is 8.74. The molecule has 1 unspecified atom stereocenters. The van der Waals surface area contributed by atoms with Crippen LogP contribution in [-0.2, 0) is 7.05 Å². The number of hydrogen-bond acceptors (Lipinski definition) is 5. The molecule has 1 spiro atoms. The van der Waals surface area contributed by atoms with Crippen LogP contribution in [0.5, 0.6) is 0 Å². The van der Waals surface area contributed by atoms with Crippen LogP contribution >= 0.6 is 11.6 Å². The summed E-state index contributed by atoms with van der Waals surface area (Å²) in [5.74, 6) is 0. The highest BCUT2D eigenvalue weighted by atomic mass is 35.5. The van der Waals surface area contributed by atoms with Crippen LogP contribution < -0.4 is 0 Å². The van der Waals surface area contributed by atoms with Crippen LogP contribution in [0.25, 0.3) is 44.2 Å². The number of rotatable bonds is 5. The molecule has 1 aliphatic carbocycles. The quantitative estimate of drug-likeness (QED) is 0.299. The van der Waals surface area contributed by atoms with Crippen molar-refractivity contribution in [1.82, 2.24) is 34.7 Å². The zero-order valence-corrected chi connectivity index (χ0v) is 22.5. The zero-order valence-electron chi connectivity index (χ0n) is 21.7. The van der Waals surface area contributed by atoms with E-state index in [1.54, 1.807) is 6.08 Å². The zero-order chi connectivity index (χ0) is 26.3. The maximum absolute atomic E-state index is 10.1. The normalized spacial score (nSPS) is 18.2. The fourth-order valence-corrected chi connectivity index (χ4v) is 6.90. The van der Waals surface area contributed by atoms with E-state index in [0.29, 0.717) is 6.04 Å². The molecule has 8 nitrogen and oxygen atoms in total. The molecule has 3 aromatic heterocycles. The Morgan fingerprint density at radius 2 is 1.97 bits per heavy atom. The molecule has 9 heteroatoms. The monoisotopic (exact) mass is 527 g/mol. The Bertz CT molecular complexity index is 1730. The number of halogens is 1. The highest BCUT2D eigenvalue weighted by Crippen LogP contribution is 2.55. The molecular weight excluding hydrogens is 498 g/mol. The van der Waals surface area contributed by atoms with Crippen molar-refractivity contribution in [2.45, 2.75) is 39.0 Å². The number of aromatic nitrogens is 6. The van der Waals surface area contributed by atoms with Crippen molar-refractivity contribution in [3.63, 3.8) is 0 Å². The maximum atomic E-state index is 10.1. The smallest absolute Gasteiger partial charge is 0.126 e. The first kappa shape index (κ1) is 23.6. The first-order valence-corrected chi connectivity index (χ1v) is 13.3. The minimum absolute atomic E-state index is 0.251. The number of nitrogens with one attached hydrogen (secondary N) is 1. The second kappa shape index (κ2) is 8.27. The van der Waals surface area contributed by atoms with Gasteiger partial charge in [0.15, 0.2) is 0 Å². The molecule has 38 heavy (non-hydrogen) atoms. The molecule has 2 aliphatic rings. The number of nitrogens with zero attached hydrogens (tertiary/aromatic N) is 6. The van der Waals surface area contributed by atoms with Gasteiger partial charge in [0.2, 0.25) is 0 Å². The first-order chi connectivity index (χ1) is 18.3. The number of hydrogen-bond donors (Lipinski definition) is 2. The fraction of sp³-hybridized carbons (Fsp3) is 0.345. The minimum atomic E-state index is -0.562. The largest absolute Gasteiger partial charge is 0.375 e. The van der Waals surface area contributed by atoms with E-state index in [0.717, 1.165) is 86.4 Å². The molecule has 2 aromatic carbocycles. The molecule has 0 bridgehead atoms. The molecule has 1 saturated carbocycles. The van der Waals surface area contributed by atoms with Crippen molar-refractivity contribution in [3.05, 3.63) is 65.6 Å². The van der Waals surface area contributed by atoms with Crippen LogP contribution in [-0.4, -0.2) is 59.1 Å². The van der Waals surface area contributed by atoms with Gasteiger partial charge in [0, 0.05) is 58.7 Å². The second-order valence-corrected chi connectivity index (χ2v) is 11.5. The van der Waals surface area contributed by atoms with Crippen molar-refractivity contribution in [1.29, 1.82) is 0 Å². The number of benzene rings is 2. The predicted molar refractivity (Wildman–Crippen MR) is 150 cm³/mol. The number of fused-ring (bicyclic) bond motifs is 2. The van der Waals surface area contributed by atoms with E-state index in [2.05, 4.69) is 56.6 Å². The Kier molecular flexibility index (Phi) is 5.14. The third-order valence-corrected chi connectivity index (χ3v) is 9.12. The summed E-state index contributed by atoms with van der Waals surface area (Å²) in [7, 11) is 1.95. The third-order valence-electron chi connectivity index (χ3n) is 8.63. The number of H-pyrrole nitrogens is 1. The maximum Gasteiger partial charge on any atom is 0.126 e. The summed E-state index contributed by atoms with van der Waals surface area (Å²) in [6.07, 6.45) is 6.87. The van der Waals surface area contributed by atoms with Gasteiger partial charge in [-0.25, -0.2) is 0 Å². The first-order valence-electron chi connectivity index (χ1n) is 13.0. The van der Waals surface area contributed by atoms with Gasteiger partial charge in [0.1, 0.15) is 11.9 Å². The average molecular weight is 528 g/mol. The molecule has 194 valence electrons. The Labute approximate surface area is 225 Å². The van der Waals surface area contributed by atoms with Gasteiger partial charge in [0.25, 0.3) is 0 Å². The summed E-state index contributed by atoms with van der Waals surface area (Å²) >= 11 is 7.04. The number of aliphatic hydroxyl groups excluding tert-OH is 1. The second-order valence-electron chi connectivity index (χ2n) is 11.1. The fourth-order valence-electron chi connectivity index (χ4n) is 6.65. The SMILES string of the molecule is C=CC(O)N1CC2(CC(n3nc(-c4ccc5c(cnn5C)c4)c(-c4c(Cl)c(C)cc5[nH]ncc45)c3C)C2)C1. The van der Waals surface area contributed by atoms with E-state index in [-0.39, 0.29) is 5.41 Å². The highest BCUT2D eigenvalue weighted by molar-refractivity contribution is 6.36. The van der Waals surface area contributed by atoms with Crippen molar-refractivity contribution >= 4 is 33.4 Å². The predicted octanol–water partition coefficient (Wildman–Crippen LogP) is 5.39. The standard InChI is InChI=1S/C29H30ClN7O/c1-5-24(38)36-14-29(15-36)10-20(11-29)37-17(3)25(26-21-13-31-33-22(21)8-16(2)27(26)30)28(34-37)18-6-7-23-19(9-18)12-32-35(23)4/h5-9,12-13,20,24,38H,1,10-11,14-15H2,2-4H3,(H,31,33). The summed E-state index contributed by atoms with van der Waals surface area (Å²) in [5.41, 5.74) is 8.36. The number of aromatic amines is 1. The Morgan fingerprint density at radius 1 is 1.18 bits per heavy atom. The van der Waals surface area contributed by atoms with Crippen molar-refractivity contribution in [3.8, 4) is 22.4 Å². The molecule has 0 amide bonds. The van der Waals surface area contributed by atoms with Gasteiger partial charge in [-0.05, 0) is 56.5 Å². The summed E-state index contributed by atoms with van der Waals surface area (Å²) in [4.78, 5) is 2.07. The van der Waals surface area contributed by atoms with Crippen molar-refractivity contribution in [2.75, 3.05) is 13.1 Å². The highest BCUT2D eigenvalue weighted by Gasteiger charge is 2.54. The molecule has 4 heterocycles. The molecule has 2 N–H and O–H groups in total. The van der Waals surface area contributed by atoms with Crippen LogP contribution in [0.3, 0.4) is 0 Å². The lowest BCUT2D eigenvalue weighted by atomic mass is 9.60. The molecule has 1 atom stereocenters. The van der Waals surface area contributed by atoms with Crippen molar-refractivity contribution < 1.29 is 5.11 Å². The molecule has 2 fully saturated rings. The van der Waals surface area contributed by atoms with E-state index in [1.807, 2.05) is 37.1 Å². The third kappa shape index (κ3) is 3.33. The van der Waals surface area contributed by atoms with Gasteiger partial charge in [-0.2, -0.15) is 15.3 Å². The van der Waals surface area contributed by atoms with Gasteiger partial charge >= 0.3 is 0 Å². The van der Waals surface area contributed by atoms with E-state index in [1.165, 1.54) is 0 Å². The van der Waals surface area contributed by atoms with Crippen LogP contribution in [0.15, 0.2) is 49.3 Å².